The molecule has 2 N–H and O–H groups in total. The van der Waals surface area contributed by atoms with E-state index < -0.39 is 0 Å². The fourth-order valence-electron chi connectivity index (χ4n) is 1.34. The molecule has 54 valence electrons. The van der Waals surface area contributed by atoms with Gasteiger partial charge in [0.2, 0.25) is 0 Å². The molecule has 0 saturated carbocycles. The van der Waals surface area contributed by atoms with Gasteiger partial charge in [0, 0.05) is 13.1 Å². The van der Waals surface area contributed by atoms with Crippen molar-refractivity contribution in [3.63, 3.8) is 0 Å². The number of rotatable bonds is 0. The number of aliphatic hydroxyl groups is 1. The van der Waals surface area contributed by atoms with Crippen LogP contribution >= 0.6 is 0 Å². The van der Waals surface area contributed by atoms with E-state index in [4.69, 9.17) is 0 Å². The first-order valence-electron chi connectivity index (χ1n) is 3.60. The van der Waals surface area contributed by atoms with Gasteiger partial charge in [0.15, 0.2) is 0 Å². The Morgan fingerprint density at radius 2 is 1.67 bits per heavy atom. The second-order valence-corrected chi connectivity index (χ2v) is 3.10. The lowest BCUT2D eigenvalue weighted by Gasteiger charge is -2.30. The number of nitrogens with one attached hydrogen (secondary N) is 1. The summed E-state index contributed by atoms with van der Waals surface area (Å²) in [6.45, 7) is 6.08. The van der Waals surface area contributed by atoms with Crippen LogP contribution in [0.4, 0.5) is 0 Å². The maximum Gasteiger partial charge on any atom is 0.0615 e. The van der Waals surface area contributed by atoms with E-state index in [0.29, 0.717) is 11.8 Å². The summed E-state index contributed by atoms with van der Waals surface area (Å²) in [6.07, 6.45) is -0.0914. The third-order valence-corrected chi connectivity index (χ3v) is 2.10. The molecule has 0 aromatic heterocycles. The summed E-state index contributed by atoms with van der Waals surface area (Å²) in [5, 5.41) is 12.7. The first kappa shape index (κ1) is 7.03. The van der Waals surface area contributed by atoms with Crippen molar-refractivity contribution in [2.75, 3.05) is 13.1 Å². The van der Waals surface area contributed by atoms with Crippen LogP contribution in [0.2, 0.25) is 0 Å². The van der Waals surface area contributed by atoms with Gasteiger partial charge in [0.05, 0.1) is 6.10 Å². The summed E-state index contributed by atoms with van der Waals surface area (Å²) in [6, 6.07) is 0. The SMILES string of the molecule is CC1CNC[C@H](C)C1O. The smallest absolute Gasteiger partial charge is 0.0615 e. The van der Waals surface area contributed by atoms with Gasteiger partial charge in [-0.3, -0.25) is 0 Å². The molecule has 3 atom stereocenters. The zero-order chi connectivity index (χ0) is 6.85. The maximum absolute atomic E-state index is 9.41. The normalized spacial score (nSPS) is 45.0. The van der Waals surface area contributed by atoms with E-state index in [2.05, 4.69) is 19.2 Å². The van der Waals surface area contributed by atoms with E-state index >= 15 is 0 Å². The molecule has 0 aromatic rings. The zero-order valence-corrected chi connectivity index (χ0v) is 6.09. The molecule has 1 saturated heterocycles. The van der Waals surface area contributed by atoms with Crippen LogP contribution in [0.5, 0.6) is 0 Å². The second kappa shape index (κ2) is 2.67. The summed E-state index contributed by atoms with van der Waals surface area (Å²) in [7, 11) is 0. The molecule has 1 rings (SSSR count). The van der Waals surface area contributed by atoms with Crippen molar-refractivity contribution in [2.24, 2.45) is 11.8 Å². The molecule has 1 heterocycles. The predicted octanol–water partition coefficient (Wildman–Crippen LogP) is 0.223. The van der Waals surface area contributed by atoms with Crippen molar-refractivity contribution >= 4 is 0 Å². The molecule has 0 bridgehead atoms. The number of aliphatic hydroxyl groups excluding tert-OH is 1. The van der Waals surface area contributed by atoms with Gasteiger partial charge in [0.1, 0.15) is 0 Å². The molecular weight excluding hydrogens is 114 g/mol. The highest BCUT2D eigenvalue weighted by Gasteiger charge is 2.24. The lowest BCUT2D eigenvalue weighted by atomic mass is 9.90. The van der Waals surface area contributed by atoms with Crippen LogP contribution in [0.25, 0.3) is 0 Å². The standard InChI is InChI=1S/C7H15NO/c1-5-3-8-4-6(2)7(5)9/h5-9H,3-4H2,1-2H3/t5-,6?,7?/m0/s1. The monoisotopic (exact) mass is 129 g/mol. The second-order valence-electron chi connectivity index (χ2n) is 3.10. The average Bonchev–Trinajstić information content (AvgIpc) is 1.83. The first-order valence-corrected chi connectivity index (χ1v) is 3.60. The summed E-state index contributed by atoms with van der Waals surface area (Å²) in [5.41, 5.74) is 0. The highest BCUT2D eigenvalue weighted by atomic mass is 16.3. The Labute approximate surface area is 56.3 Å². The van der Waals surface area contributed by atoms with Crippen molar-refractivity contribution in [2.45, 2.75) is 20.0 Å². The first-order chi connectivity index (χ1) is 4.22. The van der Waals surface area contributed by atoms with E-state index in [-0.39, 0.29) is 6.10 Å². The fourth-order valence-corrected chi connectivity index (χ4v) is 1.34. The van der Waals surface area contributed by atoms with Gasteiger partial charge in [-0.05, 0) is 11.8 Å². The van der Waals surface area contributed by atoms with E-state index in [9.17, 15) is 5.11 Å². The van der Waals surface area contributed by atoms with Crippen molar-refractivity contribution < 1.29 is 5.11 Å². The van der Waals surface area contributed by atoms with Crippen LogP contribution in [-0.4, -0.2) is 24.3 Å². The summed E-state index contributed by atoms with van der Waals surface area (Å²) < 4.78 is 0. The summed E-state index contributed by atoms with van der Waals surface area (Å²) in [5.74, 6) is 0.850. The molecule has 0 spiro atoms. The van der Waals surface area contributed by atoms with Gasteiger partial charge < -0.3 is 10.4 Å². The van der Waals surface area contributed by atoms with E-state index in [1.165, 1.54) is 0 Å². The topological polar surface area (TPSA) is 32.3 Å². The average molecular weight is 129 g/mol. The van der Waals surface area contributed by atoms with Crippen LogP contribution in [0.3, 0.4) is 0 Å². The van der Waals surface area contributed by atoms with Crippen LogP contribution in [0, 0.1) is 11.8 Å². The van der Waals surface area contributed by atoms with Gasteiger partial charge in [-0.25, -0.2) is 0 Å². The number of piperidine rings is 1. The Bertz CT molecular complexity index is 84.9. The van der Waals surface area contributed by atoms with Gasteiger partial charge in [-0.15, -0.1) is 0 Å². The Morgan fingerprint density at radius 1 is 1.22 bits per heavy atom. The molecule has 1 fully saturated rings. The molecule has 1 aliphatic heterocycles. The van der Waals surface area contributed by atoms with Crippen LogP contribution in [0.15, 0.2) is 0 Å². The Hall–Kier alpha value is -0.0800. The van der Waals surface area contributed by atoms with Gasteiger partial charge in [-0.2, -0.15) is 0 Å². The van der Waals surface area contributed by atoms with Crippen LogP contribution in [0.1, 0.15) is 13.8 Å². The maximum atomic E-state index is 9.41. The molecular formula is C7H15NO. The third kappa shape index (κ3) is 1.43. The summed E-state index contributed by atoms with van der Waals surface area (Å²) >= 11 is 0. The number of hydrogen-bond acceptors (Lipinski definition) is 2. The molecule has 2 unspecified atom stereocenters. The lowest BCUT2D eigenvalue weighted by Crippen LogP contribution is -2.44. The predicted molar refractivity (Wildman–Crippen MR) is 37.2 cm³/mol. The van der Waals surface area contributed by atoms with Gasteiger partial charge >= 0.3 is 0 Å². The van der Waals surface area contributed by atoms with Crippen LogP contribution in [-0.2, 0) is 0 Å². The minimum Gasteiger partial charge on any atom is -0.392 e. The molecule has 0 aromatic carbocycles. The fraction of sp³-hybridized carbons (Fsp3) is 1.00. The largest absolute Gasteiger partial charge is 0.392 e. The third-order valence-electron chi connectivity index (χ3n) is 2.10. The van der Waals surface area contributed by atoms with Gasteiger partial charge in [0.25, 0.3) is 0 Å². The summed E-state index contributed by atoms with van der Waals surface area (Å²) in [4.78, 5) is 0. The molecule has 0 aliphatic carbocycles. The van der Waals surface area contributed by atoms with Crippen molar-refractivity contribution in [3.8, 4) is 0 Å². The molecule has 0 radical (unpaired) electrons. The van der Waals surface area contributed by atoms with E-state index in [0.717, 1.165) is 13.1 Å². The Morgan fingerprint density at radius 3 is 2.00 bits per heavy atom. The number of hydrogen-bond donors (Lipinski definition) is 2. The zero-order valence-electron chi connectivity index (χ0n) is 6.09. The lowest BCUT2D eigenvalue weighted by molar-refractivity contribution is 0.0434. The molecule has 2 heteroatoms. The molecule has 2 nitrogen and oxygen atoms in total. The molecule has 0 amide bonds. The van der Waals surface area contributed by atoms with Crippen molar-refractivity contribution in [1.29, 1.82) is 0 Å². The Balaban J connectivity index is 2.41. The van der Waals surface area contributed by atoms with Gasteiger partial charge in [-0.1, -0.05) is 13.8 Å². The minimum atomic E-state index is -0.0914. The molecule has 9 heavy (non-hydrogen) atoms. The van der Waals surface area contributed by atoms with Crippen LogP contribution < -0.4 is 5.32 Å². The molecule has 1 aliphatic rings. The van der Waals surface area contributed by atoms with Crippen molar-refractivity contribution in [3.05, 3.63) is 0 Å². The Kier molecular flexibility index (Phi) is 2.09. The quantitative estimate of drug-likeness (QED) is 0.490. The van der Waals surface area contributed by atoms with Crippen molar-refractivity contribution in [1.82, 2.24) is 5.32 Å². The minimum absolute atomic E-state index is 0.0914. The highest BCUT2D eigenvalue weighted by molar-refractivity contribution is 4.78. The van der Waals surface area contributed by atoms with E-state index in [1.807, 2.05) is 0 Å². The highest BCUT2D eigenvalue weighted by Crippen LogP contribution is 2.15. The van der Waals surface area contributed by atoms with E-state index in [1.54, 1.807) is 0 Å².